The molecule has 0 aliphatic rings. The predicted octanol–water partition coefficient (Wildman–Crippen LogP) is 1.39. The first-order valence-electron chi connectivity index (χ1n) is 7.73. The highest BCUT2D eigenvalue weighted by atomic mass is 16.2. The van der Waals surface area contributed by atoms with E-state index in [1.807, 2.05) is 36.5 Å². The lowest BCUT2D eigenvalue weighted by atomic mass is 10.1. The van der Waals surface area contributed by atoms with Gasteiger partial charge in [0.2, 0.25) is 5.91 Å². The molecule has 0 aliphatic carbocycles. The molecule has 3 aromatic rings. The number of carbonyl (C=O) groups excluding carboxylic acids is 1. The standard InChI is InChI=1S/C18H18N4O2/c23-17(14-21-12-2-1-4-18(21)24)19-11-9-15-5-7-16(8-6-15)22-13-3-10-20-22/h1-8,10,12-13H,9,11,14H2,(H,19,23). The number of rotatable bonds is 6. The molecule has 1 amide bonds. The minimum absolute atomic E-state index is 0.0396. The molecule has 0 fully saturated rings. The fourth-order valence-electron chi connectivity index (χ4n) is 2.39. The summed E-state index contributed by atoms with van der Waals surface area (Å²) in [4.78, 5) is 23.4. The van der Waals surface area contributed by atoms with Gasteiger partial charge in [0.15, 0.2) is 0 Å². The van der Waals surface area contributed by atoms with Gasteiger partial charge in [0.25, 0.3) is 5.56 Å². The summed E-state index contributed by atoms with van der Waals surface area (Å²) in [6.07, 6.45) is 5.97. The van der Waals surface area contributed by atoms with Crippen LogP contribution >= 0.6 is 0 Å². The summed E-state index contributed by atoms with van der Waals surface area (Å²) in [5, 5.41) is 7.01. The molecule has 122 valence electrons. The third-order valence-electron chi connectivity index (χ3n) is 3.65. The van der Waals surface area contributed by atoms with E-state index in [4.69, 9.17) is 0 Å². The van der Waals surface area contributed by atoms with Crippen LogP contribution in [-0.2, 0) is 17.8 Å². The van der Waals surface area contributed by atoms with Crippen molar-refractivity contribution in [3.63, 3.8) is 0 Å². The summed E-state index contributed by atoms with van der Waals surface area (Å²) < 4.78 is 3.18. The first kappa shape index (κ1) is 15.7. The summed E-state index contributed by atoms with van der Waals surface area (Å²) in [7, 11) is 0. The molecule has 1 N–H and O–H groups in total. The van der Waals surface area contributed by atoms with E-state index in [0.29, 0.717) is 6.54 Å². The monoisotopic (exact) mass is 322 g/mol. The first-order chi connectivity index (χ1) is 11.7. The molecule has 0 bridgehead atoms. The van der Waals surface area contributed by atoms with E-state index >= 15 is 0 Å². The summed E-state index contributed by atoms with van der Waals surface area (Å²) in [5.74, 6) is -0.170. The molecular weight excluding hydrogens is 304 g/mol. The van der Waals surface area contributed by atoms with Crippen LogP contribution in [0.1, 0.15) is 5.56 Å². The van der Waals surface area contributed by atoms with Gasteiger partial charge in [-0.25, -0.2) is 4.68 Å². The van der Waals surface area contributed by atoms with Crippen molar-refractivity contribution in [2.24, 2.45) is 0 Å². The van der Waals surface area contributed by atoms with Crippen LogP contribution in [0, 0.1) is 0 Å². The largest absolute Gasteiger partial charge is 0.354 e. The second-order valence-electron chi connectivity index (χ2n) is 5.38. The van der Waals surface area contributed by atoms with E-state index < -0.39 is 0 Å². The number of aromatic nitrogens is 3. The number of carbonyl (C=O) groups is 1. The fraction of sp³-hybridized carbons (Fsp3) is 0.167. The molecule has 0 atom stereocenters. The van der Waals surface area contributed by atoms with E-state index in [2.05, 4.69) is 10.4 Å². The van der Waals surface area contributed by atoms with Crippen molar-refractivity contribution in [2.45, 2.75) is 13.0 Å². The maximum absolute atomic E-state index is 11.9. The number of pyridine rings is 1. The number of nitrogens with one attached hydrogen (secondary N) is 1. The molecule has 1 aromatic carbocycles. The number of nitrogens with zero attached hydrogens (tertiary/aromatic N) is 3. The number of hydrogen-bond acceptors (Lipinski definition) is 3. The van der Waals surface area contributed by atoms with Crippen molar-refractivity contribution in [3.05, 3.63) is 83.0 Å². The molecule has 2 aromatic heterocycles. The quantitative estimate of drug-likeness (QED) is 0.746. The minimum Gasteiger partial charge on any atom is -0.354 e. The SMILES string of the molecule is O=C(Cn1ccccc1=O)NCCc1ccc(-n2cccn2)cc1. The van der Waals surface area contributed by atoms with Gasteiger partial charge >= 0.3 is 0 Å². The summed E-state index contributed by atoms with van der Waals surface area (Å²) in [6, 6.07) is 14.7. The average molecular weight is 322 g/mol. The van der Waals surface area contributed by atoms with Crippen LogP contribution in [0.25, 0.3) is 5.69 Å². The third-order valence-corrected chi connectivity index (χ3v) is 3.65. The average Bonchev–Trinajstić information content (AvgIpc) is 3.12. The number of benzene rings is 1. The molecule has 0 saturated carbocycles. The third kappa shape index (κ3) is 3.98. The minimum atomic E-state index is -0.179. The van der Waals surface area contributed by atoms with Crippen molar-refractivity contribution >= 4 is 5.91 Å². The Kier molecular flexibility index (Phi) is 4.86. The normalized spacial score (nSPS) is 10.5. The topological polar surface area (TPSA) is 68.9 Å². The van der Waals surface area contributed by atoms with Crippen molar-refractivity contribution < 1.29 is 4.79 Å². The molecule has 24 heavy (non-hydrogen) atoms. The van der Waals surface area contributed by atoms with Crippen LogP contribution in [0.3, 0.4) is 0 Å². The first-order valence-corrected chi connectivity index (χ1v) is 7.73. The van der Waals surface area contributed by atoms with Gasteiger partial charge in [0.1, 0.15) is 6.54 Å². The Hall–Kier alpha value is -3.15. The van der Waals surface area contributed by atoms with Crippen molar-refractivity contribution in [2.75, 3.05) is 6.54 Å². The molecule has 0 spiro atoms. The lowest BCUT2D eigenvalue weighted by Gasteiger charge is -2.08. The van der Waals surface area contributed by atoms with Crippen LogP contribution in [0.2, 0.25) is 0 Å². The Balaban J connectivity index is 1.48. The second-order valence-corrected chi connectivity index (χ2v) is 5.38. The van der Waals surface area contributed by atoms with Gasteiger partial charge < -0.3 is 9.88 Å². The zero-order chi connectivity index (χ0) is 16.8. The van der Waals surface area contributed by atoms with E-state index in [0.717, 1.165) is 17.7 Å². The fourth-order valence-corrected chi connectivity index (χ4v) is 2.39. The van der Waals surface area contributed by atoms with Gasteiger partial charge in [-0.2, -0.15) is 5.10 Å². The molecule has 0 aliphatic heterocycles. The molecule has 0 saturated heterocycles. The molecule has 0 radical (unpaired) electrons. The second kappa shape index (κ2) is 7.41. The van der Waals surface area contributed by atoms with Gasteiger partial charge in [0, 0.05) is 31.2 Å². The van der Waals surface area contributed by atoms with E-state index in [-0.39, 0.29) is 18.0 Å². The Morgan fingerprint density at radius 3 is 2.58 bits per heavy atom. The lowest BCUT2D eigenvalue weighted by Crippen LogP contribution is -2.32. The highest BCUT2D eigenvalue weighted by molar-refractivity contribution is 5.75. The van der Waals surface area contributed by atoms with E-state index in [9.17, 15) is 9.59 Å². The van der Waals surface area contributed by atoms with Crippen molar-refractivity contribution in [1.29, 1.82) is 0 Å². The zero-order valence-electron chi connectivity index (χ0n) is 13.1. The van der Waals surface area contributed by atoms with E-state index in [1.54, 1.807) is 29.2 Å². The molecule has 6 heteroatoms. The highest BCUT2D eigenvalue weighted by Crippen LogP contribution is 2.08. The summed E-state index contributed by atoms with van der Waals surface area (Å²) in [6.45, 7) is 0.569. The van der Waals surface area contributed by atoms with Crippen molar-refractivity contribution in [1.82, 2.24) is 19.7 Å². The Morgan fingerprint density at radius 2 is 1.88 bits per heavy atom. The van der Waals surface area contributed by atoms with Crippen LogP contribution in [0.15, 0.2) is 71.9 Å². The molecule has 3 rings (SSSR count). The van der Waals surface area contributed by atoms with Crippen LogP contribution < -0.4 is 10.9 Å². The summed E-state index contributed by atoms with van der Waals surface area (Å²) in [5.41, 5.74) is 1.95. The molecule has 0 unspecified atom stereocenters. The predicted molar refractivity (Wildman–Crippen MR) is 91.0 cm³/mol. The zero-order valence-corrected chi connectivity index (χ0v) is 13.1. The lowest BCUT2D eigenvalue weighted by molar-refractivity contribution is -0.121. The maximum atomic E-state index is 11.9. The van der Waals surface area contributed by atoms with E-state index in [1.165, 1.54) is 10.6 Å². The smallest absolute Gasteiger partial charge is 0.250 e. The van der Waals surface area contributed by atoms with Crippen LogP contribution in [0.4, 0.5) is 0 Å². The Morgan fingerprint density at radius 1 is 1.04 bits per heavy atom. The highest BCUT2D eigenvalue weighted by Gasteiger charge is 2.03. The molecule has 6 nitrogen and oxygen atoms in total. The maximum Gasteiger partial charge on any atom is 0.250 e. The van der Waals surface area contributed by atoms with Crippen LogP contribution in [0.5, 0.6) is 0 Å². The Labute approximate surface area is 139 Å². The Bertz CT molecular complexity index is 851. The van der Waals surface area contributed by atoms with Crippen LogP contribution in [-0.4, -0.2) is 26.8 Å². The van der Waals surface area contributed by atoms with Crippen molar-refractivity contribution in [3.8, 4) is 5.69 Å². The van der Waals surface area contributed by atoms with Gasteiger partial charge in [-0.1, -0.05) is 18.2 Å². The summed E-state index contributed by atoms with van der Waals surface area (Å²) >= 11 is 0. The molecule has 2 heterocycles. The number of amides is 1. The van der Waals surface area contributed by atoms with Gasteiger partial charge in [-0.15, -0.1) is 0 Å². The van der Waals surface area contributed by atoms with Gasteiger partial charge in [-0.3, -0.25) is 9.59 Å². The number of hydrogen-bond donors (Lipinski definition) is 1. The van der Waals surface area contributed by atoms with Gasteiger partial charge in [-0.05, 0) is 36.2 Å². The molecular formula is C18H18N4O2. The van der Waals surface area contributed by atoms with Gasteiger partial charge in [0.05, 0.1) is 5.69 Å².